The molecule has 14 nitrogen and oxygen atoms in total. The number of ether oxygens (including phenoxy) is 4. The summed E-state index contributed by atoms with van der Waals surface area (Å²) in [6, 6.07) is 9.69. The summed E-state index contributed by atoms with van der Waals surface area (Å²) in [5, 5.41) is 54.6. The fourth-order valence-electron chi connectivity index (χ4n) is 6.62. The molecule has 1 saturated heterocycles. The van der Waals surface area contributed by atoms with Crippen LogP contribution in [0.5, 0.6) is 23.0 Å². The van der Waals surface area contributed by atoms with E-state index in [1.54, 1.807) is 25.1 Å². The largest absolute Gasteiger partial charge is 0.507 e. The lowest BCUT2D eigenvalue weighted by molar-refractivity contribution is -0.247. The van der Waals surface area contributed by atoms with Crippen LogP contribution in [0.25, 0.3) is 0 Å². The number of aromatic hydroxyl groups is 2. The Balaban J connectivity index is 1.47. The average molecular weight is 664 g/mol. The van der Waals surface area contributed by atoms with E-state index in [0.29, 0.717) is 0 Å². The first-order valence-corrected chi connectivity index (χ1v) is 15.1. The number of aliphatic hydroxyl groups is 3. The number of ketones is 3. The van der Waals surface area contributed by atoms with Crippen molar-refractivity contribution >= 4 is 23.3 Å². The van der Waals surface area contributed by atoms with Gasteiger partial charge in [0.2, 0.25) is 5.78 Å². The zero-order valence-corrected chi connectivity index (χ0v) is 25.8. The van der Waals surface area contributed by atoms with Crippen LogP contribution in [0.4, 0.5) is 0 Å². The Labute approximate surface area is 273 Å². The van der Waals surface area contributed by atoms with E-state index in [0.717, 1.165) is 0 Å². The molecule has 48 heavy (non-hydrogen) atoms. The molecule has 3 aromatic carbocycles. The predicted octanol–water partition coefficient (Wildman–Crippen LogP) is 1.22. The van der Waals surface area contributed by atoms with Gasteiger partial charge in [-0.25, -0.2) is 4.79 Å². The third-order valence-corrected chi connectivity index (χ3v) is 9.10. The smallest absolute Gasteiger partial charge is 0.343 e. The molecule has 0 bridgehead atoms. The first-order valence-electron chi connectivity index (χ1n) is 15.1. The van der Waals surface area contributed by atoms with Crippen LogP contribution in [0.15, 0.2) is 42.5 Å². The van der Waals surface area contributed by atoms with Gasteiger partial charge >= 0.3 is 5.97 Å². The maximum atomic E-state index is 14.2. The number of benzene rings is 3. The topological polar surface area (TPSA) is 232 Å². The molecule has 1 fully saturated rings. The summed E-state index contributed by atoms with van der Waals surface area (Å²) in [6.45, 7) is 0.493. The summed E-state index contributed by atoms with van der Waals surface area (Å²) in [5.74, 6) is -5.66. The maximum Gasteiger partial charge on any atom is 0.343 e. The molecular weight excluding hydrogens is 630 g/mol. The van der Waals surface area contributed by atoms with E-state index in [4.69, 9.17) is 24.7 Å². The van der Waals surface area contributed by atoms with Gasteiger partial charge in [-0.15, -0.1) is 0 Å². The Kier molecular flexibility index (Phi) is 8.57. The van der Waals surface area contributed by atoms with Crippen LogP contribution in [0.2, 0.25) is 0 Å². The SMILES string of the molecule is COc1c(OC(=O)c2ccccc2)ccc2c1C(=O)c1c(O)c3c(c(O)c1C2=O)C[C@@](O)(C(=O)CO)C[C@@H]3O[C@H]1C[C@H](N)[C@H](O)[C@H](C)O1. The molecule has 1 aliphatic heterocycles. The van der Waals surface area contributed by atoms with Crippen molar-refractivity contribution in [2.24, 2.45) is 5.73 Å². The van der Waals surface area contributed by atoms with Crippen molar-refractivity contribution < 1.29 is 63.7 Å². The molecule has 1 heterocycles. The second-order valence-corrected chi connectivity index (χ2v) is 12.1. The molecule has 0 unspecified atom stereocenters. The summed E-state index contributed by atoms with van der Waals surface area (Å²) in [4.78, 5) is 53.7. The monoisotopic (exact) mass is 663 g/mol. The van der Waals surface area contributed by atoms with Crippen molar-refractivity contribution in [3.63, 3.8) is 0 Å². The van der Waals surface area contributed by atoms with Crippen LogP contribution in [-0.4, -0.2) is 92.7 Å². The Hall–Kier alpha value is -4.70. The molecule has 0 radical (unpaired) electrons. The van der Waals surface area contributed by atoms with Gasteiger partial charge in [-0.1, -0.05) is 18.2 Å². The third kappa shape index (κ3) is 5.32. The van der Waals surface area contributed by atoms with Gasteiger partial charge in [-0.2, -0.15) is 0 Å². The van der Waals surface area contributed by atoms with Gasteiger partial charge in [-0.05, 0) is 31.2 Å². The first-order chi connectivity index (χ1) is 22.8. The summed E-state index contributed by atoms with van der Waals surface area (Å²) in [6.07, 6.45) is -5.57. The average Bonchev–Trinajstić information content (AvgIpc) is 3.07. The number of carbonyl (C=O) groups excluding carboxylic acids is 4. The number of carbonyl (C=O) groups is 4. The minimum atomic E-state index is -2.31. The number of phenolic OH excluding ortho intramolecular Hbond substituents is 2. The lowest BCUT2D eigenvalue weighted by Crippen LogP contribution is -2.53. The van der Waals surface area contributed by atoms with Crippen molar-refractivity contribution in [2.45, 2.75) is 62.4 Å². The Morgan fingerprint density at radius 1 is 1.02 bits per heavy atom. The van der Waals surface area contributed by atoms with Crippen molar-refractivity contribution in [1.82, 2.24) is 0 Å². The van der Waals surface area contributed by atoms with Gasteiger partial charge in [0.25, 0.3) is 0 Å². The van der Waals surface area contributed by atoms with Crippen molar-refractivity contribution in [3.8, 4) is 23.0 Å². The first kappa shape index (κ1) is 33.2. The highest BCUT2D eigenvalue weighted by Gasteiger charge is 2.50. The van der Waals surface area contributed by atoms with Gasteiger partial charge in [0.05, 0.1) is 47.7 Å². The summed E-state index contributed by atoms with van der Waals surface area (Å²) >= 11 is 0. The quantitative estimate of drug-likeness (QED) is 0.0928. The number of esters is 1. The molecule has 0 spiro atoms. The number of rotatable bonds is 7. The third-order valence-electron chi connectivity index (χ3n) is 9.10. The Morgan fingerprint density at radius 3 is 2.35 bits per heavy atom. The molecule has 6 atom stereocenters. The van der Waals surface area contributed by atoms with Gasteiger partial charge < -0.3 is 50.2 Å². The highest BCUT2D eigenvalue weighted by molar-refractivity contribution is 6.31. The predicted molar refractivity (Wildman–Crippen MR) is 163 cm³/mol. The molecule has 252 valence electrons. The van der Waals surface area contributed by atoms with E-state index in [9.17, 15) is 44.7 Å². The van der Waals surface area contributed by atoms with Crippen molar-refractivity contribution in [2.75, 3.05) is 13.7 Å². The normalized spacial score (nSPS) is 26.2. The number of fused-ring (bicyclic) bond motifs is 3. The molecular formula is C34H33NO13. The number of hydrogen-bond acceptors (Lipinski definition) is 14. The highest BCUT2D eigenvalue weighted by Crippen LogP contribution is 2.53. The zero-order valence-electron chi connectivity index (χ0n) is 25.8. The van der Waals surface area contributed by atoms with E-state index in [2.05, 4.69) is 0 Å². The van der Waals surface area contributed by atoms with E-state index < -0.39 is 102 Å². The van der Waals surface area contributed by atoms with E-state index in [1.807, 2.05) is 0 Å². The summed E-state index contributed by atoms with van der Waals surface area (Å²) in [5.41, 5.74) is 1.71. The van der Waals surface area contributed by atoms with Crippen molar-refractivity contribution in [3.05, 3.63) is 81.4 Å². The van der Waals surface area contributed by atoms with Gasteiger partial charge in [0, 0.05) is 42.0 Å². The van der Waals surface area contributed by atoms with Crippen LogP contribution in [-0.2, 0) is 20.7 Å². The number of nitrogens with two attached hydrogens (primary N) is 1. The van der Waals surface area contributed by atoms with Crippen LogP contribution >= 0.6 is 0 Å². The number of methoxy groups -OCH3 is 1. The van der Waals surface area contributed by atoms with Crippen LogP contribution in [0.3, 0.4) is 0 Å². The molecule has 14 heteroatoms. The van der Waals surface area contributed by atoms with Crippen molar-refractivity contribution in [1.29, 1.82) is 0 Å². The molecule has 6 rings (SSSR count). The number of Topliss-reactive ketones (excluding diaryl/α,β-unsaturated/α-hetero) is 1. The summed E-state index contributed by atoms with van der Waals surface area (Å²) < 4.78 is 22.8. The zero-order chi connectivity index (χ0) is 34.7. The number of phenols is 2. The van der Waals surface area contributed by atoms with Crippen LogP contribution in [0.1, 0.15) is 79.2 Å². The maximum absolute atomic E-state index is 14.2. The molecule has 7 N–H and O–H groups in total. The fraction of sp³-hybridized carbons (Fsp3) is 0.353. The Morgan fingerprint density at radius 2 is 1.71 bits per heavy atom. The lowest BCUT2D eigenvalue weighted by Gasteiger charge is -2.42. The molecule has 3 aliphatic rings. The van der Waals surface area contributed by atoms with E-state index in [-0.39, 0.29) is 45.7 Å². The Bertz CT molecular complexity index is 1830. The second kappa shape index (κ2) is 12.4. The summed E-state index contributed by atoms with van der Waals surface area (Å²) in [7, 11) is 1.20. The standard InChI is InChI=1S/C34H33NO13/c1-14-27(38)18(35)10-22(46-14)47-20-12-34(44,21(37)13-36)11-17-23(20)30(41)26-25(29(17)40)28(39)16-8-9-19(32(45-2)24(16)31(26)42)48-33(43)15-6-4-3-5-7-15/h3-9,14,18,20,22,27,36,38,40-41,44H,10-13,35H2,1-2H3/t14-,18-,20-,22-,27+,34-/m0/s1. The molecule has 0 saturated carbocycles. The van der Waals surface area contributed by atoms with Crippen LogP contribution in [0, 0.1) is 0 Å². The minimum Gasteiger partial charge on any atom is -0.507 e. The molecule has 2 aliphatic carbocycles. The van der Waals surface area contributed by atoms with Gasteiger partial charge in [0.15, 0.2) is 29.4 Å². The van der Waals surface area contributed by atoms with E-state index in [1.165, 1.54) is 31.4 Å². The highest BCUT2D eigenvalue weighted by atomic mass is 16.7. The number of aliphatic hydroxyl groups excluding tert-OH is 2. The van der Waals surface area contributed by atoms with E-state index >= 15 is 0 Å². The number of hydrogen-bond donors (Lipinski definition) is 6. The molecule has 0 aromatic heterocycles. The molecule has 3 aromatic rings. The van der Waals surface area contributed by atoms with Gasteiger partial charge in [0.1, 0.15) is 23.7 Å². The fourth-order valence-corrected chi connectivity index (χ4v) is 6.62. The second-order valence-electron chi connectivity index (χ2n) is 12.1. The minimum absolute atomic E-state index is 0.0339. The van der Waals surface area contributed by atoms with Gasteiger partial charge in [-0.3, -0.25) is 14.4 Å². The lowest BCUT2D eigenvalue weighted by atomic mass is 9.72. The van der Waals surface area contributed by atoms with Crippen LogP contribution < -0.4 is 15.2 Å². The molecule has 0 amide bonds.